The van der Waals surface area contributed by atoms with E-state index < -0.39 is 0 Å². The summed E-state index contributed by atoms with van der Waals surface area (Å²) >= 11 is 0. The van der Waals surface area contributed by atoms with Crippen LogP contribution in [-0.2, 0) is 0 Å². The third kappa shape index (κ3) is 4.16. The van der Waals surface area contributed by atoms with Crippen LogP contribution in [0.1, 0.15) is 54.0 Å². The Kier molecular flexibility index (Phi) is 6.01. The quantitative estimate of drug-likeness (QED) is 0.650. The minimum atomic E-state index is 0.187. The molecule has 5 nitrogen and oxygen atoms in total. The summed E-state index contributed by atoms with van der Waals surface area (Å²) in [5.41, 5.74) is 4.68. The highest BCUT2D eigenvalue weighted by Gasteiger charge is 2.17. The summed E-state index contributed by atoms with van der Waals surface area (Å²) in [4.78, 5) is 4.34. The molecule has 2 aromatic rings. The monoisotopic (exact) mass is 328 g/mol. The Morgan fingerprint density at radius 2 is 1.92 bits per heavy atom. The Morgan fingerprint density at radius 3 is 2.50 bits per heavy atom. The molecule has 0 aliphatic heterocycles. The van der Waals surface area contributed by atoms with Gasteiger partial charge in [-0.25, -0.2) is 0 Å². The van der Waals surface area contributed by atoms with Crippen molar-refractivity contribution >= 4 is 5.96 Å². The van der Waals surface area contributed by atoms with Gasteiger partial charge >= 0.3 is 0 Å². The van der Waals surface area contributed by atoms with Crippen molar-refractivity contribution in [2.45, 2.75) is 46.6 Å². The standard InChI is InChI=1S/C19H28N4O/c1-12-9-7-8-10-17(12)14(3)22-19(20-6)21-11-13(2)18-15(4)23-24-16(18)5/h7-10,13-14H,11H2,1-6H3,(H2,20,21,22). The van der Waals surface area contributed by atoms with Crippen molar-refractivity contribution < 1.29 is 4.52 Å². The van der Waals surface area contributed by atoms with Gasteiger partial charge in [0.15, 0.2) is 5.96 Å². The van der Waals surface area contributed by atoms with E-state index in [0.717, 1.165) is 24.0 Å². The normalized spacial score (nSPS) is 14.3. The second-order valence-corrected chi connectivity index (χ2v) is 6.31. The molecule has 0 aliphatic carbocycles. The van der Waals surface area contributed by atoms with Crippen LogP contribution >= 0.6 is 0 Å². The van der Waals surface area contributed by atoms with Crippen molar-refractivity contribution in [2.24, 2.45) is 4.99 Å². The highest BCUT2D eigenvalue weighted by molar-refractivity contribution is 5.80. The lowest BCUT2D eigenvalue weighted by Crippen LogP contribution is -2.40. The highest BCUT2D eigenvalue weighted by atomic mass is 16.5. The van der Waals surface area contributed by atoms with Gasteiger partial charge in [-0.15, -0.1) is 0 Å². The molecule has 1 heterocycles. The minimum Gasteiger partial charge on any atom is -0.361 e. The lowest BCUT2D eigenvalue weighted by atomic mass is 9.99. The number of nitrogens with zero attached hydrogens (tertiary/aromatic N) is 2. The summed E-state index contributed by atoms with van der Waals surface area (Å²) in [5.74, 6) is 1.98. The molecule has 0 aliphatic rings. The minimum absolute atomic E-state index is 0.187. The maximum Gasteiger partial charge on any atom is 0.191 e. The van der Waals surface area contributed by atoms with Gasteiger partial charge in [0, 0.05) is 25.1 Å². The van der Waals surface area contributed by atoms with Crippen LogP contribution in [0.25, 0.3) is 0 Å². The zero-order valence-electron chi connectivity index (χ0n) is 15.5. The molecule has 0 fully saturated rings. The van der Waals surface area contributed by atoms with Crippen LogP contribution in [0.2, 0.25) is 0 Å². The molecule has 2 atom stereocenters. The molecule has 0 spiro atoms. The number of aliphatic imine (C=N–C) groups is 1. The number of hydrogen-bond acceptors (Lipinski definition) is 3. The third-order valence-corrected chi connectivity index (χ3v) is 4.39. The van der Waals surface area contributed by atoms with Gasteiger partial charge in [0.2, 0.25) is 0 Å². The van der Waals surface area contributed by atoms with E-state index in [1.54, 1.807) is 7.05 Å². The summed E-state index contributed by atoms with van der Waals surface area (Å²) in [6.07, 6.45) is 0. The summed E-state index contributed by atoms with van der Waals surface area (Å²) in [7, 11) is 1.79. The molecule has 2 unspecified atom stereocenters. The molecular formula is C19H28N4O. The van der Waals surface area contributed by atoms with Gasteiger partial charge in [-0.3, -0.25) is 4.99 Å². The van der Waals surface area contributed by atoms with E-state index in [9.17, 15) is 0 Å². The van der Waals surface area contributed by atoms with Gasteiger partial charge in [0.25, 0.3) is 0 Å². The van der Waals surface area contributed by atoms with E-state index >= 15 is 0 Å². The topological polar surface area (TPSA) is 62.5 Å². The fourth-order valence-corrected chi connectivity index (χ4v) is 3.10. The van der Waals surface area contributed by atoms with Crippen LogP contribution in [0.15, 0.2) is 33.8 Å². The average molecular weight is 328 g/mol. The van der Waals surface area contributed by atoms with E-state index in [-0.39, 0.29) is 6.04 Å². The van der Waals surface area contributed by atoms with Crippen LogP contribution in [0.4, 0.5) is 0 Å². The van der Waals surface area contributed by atoms with Gasteiger partial charge in [0.05, 0.1) is 11.7 Å². The maximum absolute atomic E-state index is 5.26. The molecule has 24 heavy (non-hydrogen) atoms. The molecule has 2 rings (SSSR count). The number of aromatic nitrogens is 1. The number of aryl methyl sites for hydroxylation is 3. The van der Waals surface area contributed by atoms with Gasteiger partial charge in [-0.2, -0.15) is 0 Å². The fourth-order valence-electron chi connectivity index (χ4n) is 3.10. The van der Waals surface area contributed by atoms with Crippen molar-refractivity contribution in [1.29, 1.82) is 0 Å². The predicted octanol–water partition coefficient (Wildman–Crippen LogP) is 3.63. The molecule has 1 aromatic heterocycles. The van der Waals surface area contributed by atoms with E-state index in [2.05, 4.69) is 65.8 Å². The summed E-state index contributed by atoms with van der Waals surface area (Å²) < 4.78 is 5.26. The summed E-state index contributed by atoms with van der Waals surface area (Å²) in [6, 6.07) is 8.59. The van der Waals surface area contributed by atoms with Crippen LogP contribution in [0, 0.1) is 20.8 Å². The van der Waals surface area contributed by atoms with Crippen LogP contribution < -0.4 is 10.6 Å². The first-order valence-electron chi connectivity index (χ1n) is 8.39. The first kappa shape index (κ1) is 18.0. The zero-order chi connectivity index (χ0) is 17.7. The molecule has 2 N–H and O–H groups in total. The SMILES string of the molecule is CN=C(NCC(C)c1c(C)noc1C)NC(C)c1ccccc1C. The van der Waals surface area contributed by atoms with E-state index in [1.165, 1.54) is 16.7 Å². The van der Waals surface area contributed by atoms with Crippen molar-refractivity contribution in [3.8, 4) is 0 Å². The molecule has 1 aromatic carbocycles. The second kappa shape index (κ2) is 7.99. The largest absolute Gasteiger partial charge is 0.361 e. The Labute approximate surface area is 144 Å². The second-order valence-electron chi connectivity index (χ2n) is 6.31. The lowest BCUT2D eigenvalue weighted by Gasteiger charge is -2.21. The number of guanidine groups is 1. The highest BCUT2D eigenvalue weighted by Crippen LogP contribution is 2.22. The van der Waals surface area contributed by atoms with Gasteiger partial charge in [0.1, 0.15) is 5.76 Å². The van der Waals surface area contributed by atoms with Gasteiger partial charge < -0.3 is 15.2 Å². The molecule has 0 radical (unpaired) electrons. The van der Waals surface area contributed by atoms with Crippen molar-refractivity contribution in [2.75, 3.05) is 13.6 Å². The maximum atomic E-state index is 5.26. The number of nitrogens with one attached hydrogen (secondary N) is 2. The van der Waals surface area contributed by atoms with E-state index in [0.29, 0.717) is 5.92 Å². The molecule has 130 valence electrons. The third-order valence-electron chi connectivity index (χ3n) is 4.39. The van der Waals surface area contributed by atoms with Crippen molar-refractivity contribution in [3.63, 3.8) is 0 Å². The molecule has 0 saturated carbocycles. The Hall–Kier alpha value is -2.30. The smallest absolute Gasteiger partial charge is 0.191 e. The van der Waals surface area contributed by atoms with Gasteiger partial charge in [-0.05, 0) is 38.8 Å². The van der Waals surface area contributed by atoms with Crippen molar-refractivity contribution in [3.05, 3.63) is 52.4 Å². The lowest BCUT2D eigenvalue weighted by molar-refractivity contribution is 0.391. The fraction of sp³-hybridized carbons (Fsp3) is 0.474. The van der Waals surface area contributed by atoms with Gasteiger partial charge in [-0.1, -0.05) is 36.3 Å². The molecular weight excluding hydrogens is 300 g/mol. The summed E-state index contributed by atoms with van der Waals surface area (Å²) in [6.45, 7) is 11.1. The van der Waals surface area contributed by atoms with Crippen LogP contribution in [0.3, 0.4) is 0 Å². The van der Waals surface area contributed by atoms with Crippen molar-refractivity contribution in [1.82, 2.24) is 15.8 Å². The number of benzene rings is 1. The molecule has 0 saturated heterocycles. The van der Waals surface area contributed by atoms with E-state index in [4.69, 9.17) is 4.52 Å². The van der Waals surface area contributed by atoms with E-state index in [1.807, 2.05) is 13.8 Å². The predicted molar refractivity (Wildman–Crippen MR) is 98.5 cm³/mol. The van der Waals surface area contributed by atoms with Crippen LogP contribution in [0.5, 0.6) is 0 Å². The molecule has 5 heteroatoms. The van der Waals surface area contributed by atoms with Crippen LogP contribution in [-0.4, -0.2) is 24.7 Å². The Balaban J connectivity index is 1.97. The Morgan fingerprint density at radius 1 is 1.21 bits per heavy atom. The first-order chi connectivity index (χ1) is 11.4. The number of rotatable bonds is 5. The summed E-state index contributed by atoms with van der Waals surface area (Å²) in [5, 5.41) is 10.9. The molecule has 0 amide bonds. The first-order valence-corrected chi connectivity index (χ1v) is 8.39. The Bertz CT molecular complexity index is 686. The zero-order valence-corrected chi connectivity index (χ0v) is 15.5. The number of hydrogen-bond donors (Lipinski definition) is 2. The average Bonchev–Trinajstić information content (AvgIpc) is 2.90. The molecule has 0 bridgehead atoms.